The zero-order chi connectivity index (χ0) is 9.80. The Morgan fingerprint density at radius 2 is 2.57 bits per heavy atom. The van der Waals surface area contributed by atoms with Gasteiger partial charge in [-0.25, -0.2) is 0 Å². The maximum atomic E-state index is 5.15. The van der Waals surface area contributed by atoms with Gasteiger partial charge in [0.15, 0.2) is 5.82 Å². The van der Waals surface area contributed by atoms with Crippen LogP contribution in [0.5, 0.6) is 0 Å². The minimum atomic E-state index is 0.281. The largest absolute Gasteiger partial charge is 0.339 e. The molecule has 0 aromatic carbocycles. The molecule has 14 heavy (non-hydrogen) atoms. The van der Waals surface area contributed by atoms with Crippen molar-refractivity contribution in [3.8, 4) is 0 Å². The summed E-state index contributed by atoms with van der Waals surface area (Å²) in [5, 5.41) is 7.38. The Balaban J connectivity index is 2.00. The maximum Gasteiger partial charge on any atom is 0.226 e. The van der Waals surface area contributed by atoms with Crippen molar-refractivity contribution in [2.45, 2.75) is 25.8 Å². The maximum absolute atomic E-state index is 5.15. The molecule has 1 fully saturated rings. The van der Waals surface area contributed by atoms with Gasteiger partial charge in [-0.3, -0.25) is 0 Å². The third-order valence-electron chi connectivity index (χ3n) is 2.18. The van der Waals surface area contributed by atoms with Crippen LogP contribution in [-0.2, 0) is 6.42 Å². The smallest absolute Gasteiger partial charge is 0.226 e. The monoisotopic (exact) mass is 213 g/mol. The van der Waals surface area contributed by atoms with Gasteiger partial charge >= 0.3 is 0 Å². The first-order valence-corrected chi connectivity index (χ1v) is 6.19. The molecular formula is C9H15N3OS. The fourth-order valence-corrected chi connectivity index (χ4v) is 2.39. The van der Waals surface area contributed by atoms with Gasteiger partial charge < -0.3 is 9.84 Å². The molecule has 1 atom stereocenters. The van der Waals surface area contributed by atoms with Crippen LogP contribution in [0, 0.1) is 0 Å². The summed E-state index contributed by atoms with van der Waals surface area (Å²) >= 11 is 1.94. The van der Waals surface area contributed by atoms with E-state index in [4.69, 9.17) is 4.52 Å². The Morgan fingerprint density at radius 3 is 3.29 bits per heavy atom. The molecule has 1 unspecified atom stereocenters. The van der Waals surface area contributed by atoms with Gasteiger partial charge in [-0.1, -0.05) is 12.1 Å². The van der Waals surface area contributed by atoms with E-state index in [1.807, 2.05) is 11.8 Å². The lowest BCUT2D eigenvalue weighted by molar-refractivity contribution is 0.366. The lowest BCUT2D eigenvalue weighted by Gasteiger charge is -2.19. The van der Waals surface area contributed by atoms with E-state index in [0.717, 1.165) is 36.9 Å². The van der Waals surface area contributed by atoms with Crippen molar-refractivity contribution in [2.24, 2.45) is 0 Å². The predicted molar refractivity (Wildman–Crippen MR) is 56.4 cm³/mol. The molecule has 1 aliphatic heterocycles. The van der Waals surface area contributed by atoms with Crippen molar-refractivity contribution >= 4 is 11.8 Å². The lowest BCUT2D eigenvalue weighted by atomic mass is 10.3. The van der Waals surface area contributed by atoms with E-state index < -0.39 is 0 Å². The van der Waals surface area contributed by atoms with Crippen molar-refractivity contribution < 1.29 is 4.52 Å². The molecule has 1 aromatic rings. The summed E-state index contributed by atoms with van der Waals surface area (Å²) < 4.78 is 5.15. The average molecular weight is 213 g/mol. The quantitative estimate of drug-likeness (QED) is 0.822. The Labute approximate surface area is 87.8 Å². The summed E-state index contributed by atoms with van der Waals surface area (Å²) in [6, 6.07) is 0.281. The van der Waals surface area contributed by atoms with Gasteiger partial charge in [0, 0.05) is 24.5 Å². The van der Waals surface area contributed by atoms with Crippen LogP contribution in [0.25, 0.3) is 0 Å². The molecular weight excluding hydrogens is 198 g/mol. The van der Waals surface area contributed by atoms with Crippen LogP contribution < -0.4 is 5.32 Å². The van der Waals surface area contributed by atoms with E-state index in [2.05, 4.69) is 22.4 Å². The summed E-state index contributed by atoms with van der Waals surface area (Å²) in [4.78, 5) is 4.37. The predicted octanol–water partition coefficient (Wildman–Crippen LogP) is 1.40. The molecule has 1 N–H and O–H groups in total. The molecule has 0 radical (unpaired) electrons. The van der Waals surface area contributed by atoms with E-state index >= 15 is 0 Å². The van der Waals surface area contributed by atoms with Crippen molar-refractivity contribution in [3.05, 3.63) is 11.7 Å². The van der Waals surface area contributed by atoms with Gasteiger partial charge in [0.05, 0.1) is 6.04 Å². The van der Waals surface area contributed by atoms with Crippen LogP contribution in [0.2, 0.25) is 0 Å². The second kappa shape index (κ2) is 4.79. The average Bonchev–Trinajstić information content (AvgIpc) is 2.68. The van der Waals surface area contributed by atoms with E-state index in [-0.39, 0.29) is 6.04 Å². The molecule has 1 aromatic heterocycles. The Bertz CT molecular complexity index is 283. The molecule has 1 aliphatic rings. The number of hydrogen-bond acceptors (Lipinski definition) is 5. The summed E-state index contributed by atoms with van der Waals surface area (Å²) in [5.74, 6) is 3.81. The fourth-order valence-electron chi connectivity index (χ4n) is 1.46. The molecule has 2 rings (SSSR count). The third kappa shape index (κ3) is 2.27. The second-order valence-electron chi connectivity index (χ2n) is 3.38. The number of nitrogens with zero attached hydrogens (tertiary/aromatic N) is 2. The molecule has 1 saturated heterocycles. The first kappa shape index (κ1) is 9.98. The number of aryl methyl sites for hydroxylation is 1. The summed E-state index contributed by atoms with van der Waals surface area (Å²) in [5.41, 5.74) is 0. The van der Waals surface area contributed by atoms with E-state index in [1.165, 1.54) is 5.75 Å². The Kier molecular flexibility index (Phi) is 3.42. The number of thioether (sulfide) groups is 1. The summed E-state index contributed by atoms with van der Waals surface area (Å²) in [6.45, 7) is 3.14. The third-order valence-corrected chi connectivity index (χ3v) is 3.24. The van der Waals surface area contributed by atoms with E-state index in [1.54, 1.807) is 0 Å². The van der Waals surface area contributed by atoms with Gasteiger partial charge in [-0.15, -0.1) is 0 Å². The van der Waals surface area contributed by atoms with Crippen LogP contribution in [-0.4, -0.2) is 28.2 Å². The van der Waals surface area contributed by atoms with E-state index in [9.17, 15) is 0 Å². The highest BCUT2D eigenvalue weighted by atomic mass is 32.2. The number of rotatable bonds is 3. The minimum absolute atomic E-state index is 0.281. The topological polar surface area (TPSA) is 51.0 Å². The highest BCUT2D eigenvalue weighted by Gasteiger charge is 2.20. The molecule has 0 amide bonds. The normalized spacial score (nSPS) is 22.5. The standard InChI is InChI=1S/C9H15N3OS/c1-2-3-8-11-9(12-13-8)7-6-14-5-4-10-7/h7,10H,2-6H2,1H3. The lowest BCUT2D eigenvalue weighted by Crippen LogP contribution is -2.30. The van der Waals surface area contributed by atoms with Crippen LogP contribution in [0.4, 0.5) is 0 Å². The van der Waals surface area contributed by atoms with Gasteiger partial charge in [0.2, 0.25) is 5.89 Å². The van der Waals surface area contributed by atoms with Gasteiger partial charge in [0.1, 0.15) is 0 Å². The molecule has 0 saturated carbocycles. The Morgan fingerprint density at radius 1 is 1.64 bits per heavy atom. The van der Waals surface area contributed by atoms with Crippen LogP contribution >= 0.6 is 11.8 Å². The summed E-state index contributed by atoms with van der Waals surface area (Å²) in [7, 11) is 0. The Hall–Kier alpha value is -0.550. The first-order valence-electron chi connectivity index (χ1n) is 5.03. The molecule has 0 aliphatic carbocycles. The molecule has 78 valence electrons. The summed E-state index contributed by atoms with van der Waals surface area (Å²) in [6.07, 6.45) is 1.93. The van der Waals surface area contributed by atoms with Crippen LogP contribution in [0.15, 0.2) is 4.52 Å². The molecule has 4 nitrogen and oxygen atoms in total. The molecule has 5 heteroatoms. The highest BCUT2D eigenvalue weighted by molar-refractivity contribution is 7.99. The molecule has 2 heterocycles. The highest BCUT2D eigenvalue weighted by Crippen LogP contribution is 2.19. The molecule has 0 bridgehead atoms. The number of hydrogen-bond donors (Lipinski definition) is 1. The minimum Gasteiger partial charge on any atom is -0.339 e. The van der Waals surface area contributed by atoms with Crippen molar-refractivity contribution in [1.82, 2.24) is 15.5 Å². The zero-order valence-electron chi connectivity index (χ0n) is 8.32. The zero-order valence-corrected chi connectivity index (χ0v) is 9.14. The first-order chi connectivity index (χ1) is 6.90. The molecule has 0 spiro atoms. The number of aromatic nitrogens is 2. The van der Waals surface area contributed by atoms with E-state index in [0.29, 0.717) is 0 Å². The van der Waals surface area contributed by atoms with Crippen LogP contribution in [0.1, 0.15) is 31.1 Å². The van der Waals surface area contributed by atoms with Crippen molar-refractivity contribution in [3.63, 3.8) is 0 Å². The number of nitrogens with one attached hydrogen (secondary N) is 1. The van der Waals surface area contributed by atoms with Crippen molar-refractivity contribution in [2.75, 3.05) is 18.1 Å². The second-order valence-corrected chi connectivity index (χ2v) is 4.53. The van der Waals surface area contributed by atoms with Crippen LogP contribution in [0.3, 0.4) is 0 Å². The van der Waals surface area contributed by atoms with Crippen molar-refractivity contribution in [1.29, 1.82) is 0 Å². The van der Waals surface area contributed by atoms with Gasteiger partial charge in [-0.2, -0.15) is 16.7 Å². The SMILES string of the molecule is CCCc1nc(C2CSCCN2)no1. The fraction of sp³-hybridized carbons (Fsp3) is 0.778. The van der Waals surface area contributed by atoms with Gasteiger partial charge in [0.25, 0.3) is 0 Å². The van der Waals surface area contributed by atoms with Gasteiger partial charge in [-0.05, 0) is 6.42 Å².